The lowest BCUT2D eigenvalue weighted by molar-refractivity contribution is 0.181. The Morgan fingerprint density at radius 3 is 2.06 bits per heavy atom. The fraction of sp³-hybridized carbons (Fsp3) is 0.385. The molecule has 3 heteroatoms. The van der Waals surface area contributed by atoms with Gasteiger partial charge in [0.25, 0.3) is 0 Å². The van der Waals surface area contributed by atoms with Crippen LogP contribution in [0.4, 0.5) is 0 Å². The molecule has 1 aromatic rings. The van der Waals surface area contributed by atoms with E-state index >= 15 is 0 Å². The minimum absolute atomic E-state index is 0.334. The average molecular weight is 238 g/mol. The molecule has 1 aromatic carbocycles. The molecule has 0 aliphatic carbocycles. The molecular formula is C13H19O2P. The Bertz CT molecular complexity index is 326. The maximum Gasteiger partial charge on any atom is 0.0719 e. The third-order valence-corrected chi connectivity index (χ3v) is 4.26. The normalized spacial score (nSPS) is 12.4. The topological polar surface area (TPSA) is 18.5 Å². The molecule has 0 saturated carbocycles. The first-order valence-corrected chi connectivity index (χ1v) is 7.04. The maximum atomic E-state index is 5.23. The highest BCUT2D eigenvalue weighted by molar-refractivity contribution is 7.68. The number of ether oxygens (including phenoxy) is 2. The van der Waals surface area contributed by atoms with Crippen molar-refractivity contribution in [1.29, 1.82) is 0 Å². The monoisotopic (exact) mass is 238 g/mol. The van der Waals surface area contributed by atoms with E-state index in [1.165, 1.54) is 16.4 Å². The van der Waals surface area contributed by atoms with E-state index in [4.69, 9.17) is 9.47 Å². The molecule has 0 spiro atoms. The molecule has 1 unspecified atom stereocenters. The molecule has 0 bridgehead atoms. The first kappa shape index (κ1) is 13.4. The van der Waals surface area contributed by atoms with Crippen LogP contribution in [-0.4, -0.2) is 20.9 Å². The van der Waals surface area contributed by atoms with Gasteiger partial charge in [0.05, 0.1) is 13.2 Å². The predicted molar refractivity (Wildman–Crippen MR) is 70.5 cm³/mol. The number of hydrogen-bond acceptors (Lipinski definition) is 2. The van der Waals surface area contributed by atoms with Crippen LogP contribution in [0.25, 0.3) is 0 Å². The van der Waals surface area contributed by atoms with E-state index in [1.54, 1.807) is 14.2 Å². The summed E-state index contributed by atoms with van der Waals surface area (Å²) in [5, 5.41) is 1.34. The summed E-state index contributed by atoms with van der Waals surface area (Å²) in [4.78, 5) is 0. The third-order valence-electron chi connectivity index (χ3n) is 2.43. The molecule has 0 aliphatic heterocycles. The second-order valence-corrected chi connectivity index (χ2v) is 5.62. The van der Waals surface area contributed by atoms with Gasteiger partial charge in [0, 0.05) is 14.2 Å². The standard InChI is InChI=1S/C13H19O2P/c1-5-16(4)13-11(9-14-2)7-6-8-12(13)10-15-3/h5-8H,1,9-10H2,2-4H3. The second kappa shape index (κ2) is 6.80. The van der Waals surface area contributed by atoms with Crippen LogP contribution in [0, 0.1) is 0 Å². The average Bonchev–Trinajstić information content (AvgIpc) is 2.29. The molecule has 0 heterocycles. The Labute approximate surface area is 99.0 Å². The lowest BCUT2D eigenvalue weighted by Crippen LogP contribution is -2.14. The highest BCUT2D eigenvalue weighted by Gasteiger charge is 2.12. The molecule has 0 saturated heterocycles. The van der Waals surface area contributed by atoms with Gasteiger partial charge in [-0.25, -0.2) is 0 Å². The Morgan fingerprint density at radius 2 is 1.69 bits per heavy atom. The van der Waals surface area contributed by atoms with Crippen LogP contribution in [0.2, 0.25) is 0 Å². The third kappa shape index (κ3) is 3.15. The van der Waals surface area contributed by atoms with Gasteiger partial charge in [-0.05, 0) is 23.1 Å². The molecular weight excluding hydrogens is 219 g/mol. The fourth-order valence-corrected chi connectivity index (χ4v) is 3.10. The first-order chi connectivity index (χ1) is 7.74. The Hall–Kier alpha value is -0.690. The molecule has 16 heavy (non-hydrogen) atoms. The van der Waals surface area contributed by atoms with Gasteiger partial charge in [-0.2, -0.15) is 0 Å². The molecule has 0 amide bonds. The zero-order valence-corrected chi connectivity index (χ0v) is 11.1. The predicted octanol–water partition coefficient (Wildman–Crippen LogP) is 2.86. The van der Waals surface area contributed by atoms with Crippen molar-refractivity contribution in [1.82, 2.24) is 0 Å². The lowest BCUT2D eigenvalue weighted by Gasteiger charge is -2.17. The summed E-state index contributed by atoms with van der Waals surface area (Å²) in [5.41, 5.74) is 2.48. The number of methoxy groups -OCH3 is 2. The Balaban J connectivity index is 3.16. The largest absolute Gasteiger partial charge is 0.380 e. The van der Waals surface area contributed by atoms with Crippen molar-refractivity contribution < 1.29 is 9.47 Å². The van der Waals surface area contributed by atoms with Crippen LogP contribution in [0.15, 0.2) is 30.6 Å². The van der Waals surface area contributed by atoms with E-state index < -0.39 is 0 Å². The van der Waals surface area contributed by atoms with Gasteiger partial charge < -0.3 is 9.47 Å². The molecule has 0 fully saturated rings. The zero-order chi connectivity index (χ0) is 12.0. The SMILES string of the molecule is C=CP(C)c1c(COC)cccc1COC. The number of hydrogen-bond donors (Lipinski definition) is 0. The molecule has 1 atom stereocenters. The van der Waals surface area contributed by atoms with E-state index in [0.29, 0.717) is 13.2 Å². The van der Waals surface area contributed by atoms with Crippen LogP contribution in [0.3, 0.4) is 0 Å². The summed E-state index contributed by atoms with van der Waals surface area (Å²) in [6.07, 6.45) is 0. The first-order valence-electron chi connectivity index (χ1n) is 5.18. The van der Waals surface area contributed by atoms with E-state index in [1.807, 2.05) is 5.82 Å². The fourth-order valence-electron chi connectivity index (χ4n) is 1.73. The quantitative estimate of drug-likeness (QED) is 0.709. The molecule has 88 valence electrons. The number of rotatable bonds is 6. The van der Waals surface area contributed by atoms with Crippen LogP contribution in [-0.2, 0) is 22.7 Å². The highest BCUT2D eigenvalue weighted by Crippen LogP contribution is 2.34. The van der Waals surface area contributed by atoms with Gasteiger partial charge in [0.1, 0.15) is 0 Å². The molecule has 0 N–H and O–H groups in total. The van der Waals surface area contributed by atoms with Crippen molar-refractivity contribution in [3.8, 4) is 0 Å². The van der Waals surface area contributed by atoms with Crippen molar-refractivity contribution in [2.24, 2.45) is 0 Å². The van der Waals surface area contributed by atoms with Gasteiger partial charge in [0.2, 0.25) is 0 Å². The van der Waals surface area contributed by atoms with Gasteiger partial charge in [0.15, 0.2) is 0 Å². The summed E-state index contributed by atoms with van der Waals surface area (Å²) in [7, 11) is 3.11. The maximum absolute atomic E-state index is 5.23. The van der Waals surface area contributed by atoms with Crippen LogP contribution in [0.1, 0.15) is 11.1 Å². The summed E-state index contributed by atoms with van der Waals surface area (Å²) in [5.74, 6) is 2.02. The van der Waals surface area contributed by atoms with Crippen LogP contribution >= 0.6 is 7.92 Å². The minimum atomic E-state index is -0.334. The van der Waals surface area contributed by atoms with Gasteiger partial charge >= 0.3 is 0 Å². The minimum Gasteiger partial charge on any atom is -0.380 e. The molecule has 0 aliphatic rings. The second-order valence-electron chi connectivity index (χ2n) is 3.58. The summed E-state index contributed by atoms with van der Waals surface area (Å²) >= 11 is 0. The van der Waals surface area contributed by atoms with Crippen LogP contribution in [0.5, 0.6) is 0 Å². The van der Waals surface area contributed by atoms with E-state index in [2.05, 4.69) is 31.4 Å². The Morgan fingerprint density at radius 1 is 1.19 bits per heavy atom. The van der Waals surface area contributed by atoms with Crippen molar-refractivity contribution >= 4 is 13.2 Å². The molecule has 0 aromatic heterocycles. The molecule has 2 nitrogen and oxygen atoms in total. The van der Waals surface area contributed by atoms with E-state index in [-0.39, 0.29) is 7.92 Å². The molecule has 0 radical (unpaired) electrons. The summed E-state index contributed by atoms with van der Waals surface area (Å²) in [6.45, 7) is 7.38. The van der Waals surface area contributed by atoms with E-state index in [0.717, 1.165) is 0 Å². The summed E-state index contributed by atoms with van der Waals surface area (Å²) in [6, 6.07) is 6.28. The Kier molecular flexibility index (Phi) is 5.68. The highest BCUT2D eigenvalue weighted by atomic mass is 31.1. The lowest BCUT2D eigenvalue weighted by atomic mass is 10.1. The van der Waals surface area contributed by atoms with Crippen molar-refractivity contribution in [2.75, 3.05) is 20.9 Å². The van der Waals surface area contributed by atoms with Gasteiger partial charge in [-0.15, -0.1) is 0 Å². The molecule has 1 rings (SSSR count). The van der Waals surface area contributed by atoms with Crippen LogP contribution < -0.4 is 5.30 Å². The summed E-state index contributed by atoms with van der Waals surface area (Å²) < 4.78 is 10.5. The van der Waals surface area contributed by atoms with Gasteiger partial charge in [-0.3, -0.25) is 0 Å². The van der Waals surface area contributed by atoms with Crippen molar-refractivity contribution in [3.63, 3.8) is 0 Å². The van der Waals surface area contributed by atoms with Crippen molar-refractivity contribution in [2.45, 2.75) is 13.2 Å². The smallest absolute Gasteiger partial charge is 0.0719 e. The van der Waals surface area contributed by atoms with Gasteiger partial charge in [-0.1, -0.05) is 38.5 Å². The zero-order valence-electron chi connectivity index (χ0n) is 10.2. The van der Waals surface area contributed by atoms with Crippen molar-refractivity contribution in [3.05, 3.63) is 41.7 Å². The van der Waals surface area contributed by atoms with E-state index in [9.17, 15) is 0 Å². The number of benzene rings is 1.